The van der Waals surface area contributed by atoms with E-state index in [4.69, 9.17) is 4.74 Å². The highest BCUT2D eigenvalue weighted by Crippen LogP contribution is 2.38. The van der Waals surface area contributed by atoms with Crippen LogP contribution in [0.1, 0.15) is 22.5 Å². The van der Waals surface area contributed by atoms with Crippen LogP contribution in [0.5, 0.6) is 10.8 Å². The summed E-state index contributed by atoms with van der Waals surface area (Å²) in [7, 11) is 0. The lowest BCUT2D eigenvalue weighted by molar-refractivity contribution is 0.0689. The maximum Gasteiger partial charge on any atom is 0.359 e. The molecule has 0 fully saturated rings. The van der Waals surface area contributed by atoms with Crippen LogP contribution in [0.3, 0.4) is 0 Å². The number of hydrogen-bond donors (Lipinski definition) is 2. The lowest BCUT2D eigenvalue weighted by Gasteiger charge is -2.18. The van der Waals surface area contributed by atoms with Gasteiger partial charge in [-0.25, -0.2) is 9.78 Å². The summed E-state index contributed by atoms with van der Waals surface area (Å²) in [4.78, 5) is 15.8. The molecule has 0 atom stereocenters. The Kier molecular flexibility index (Phi) is 4.11. The second-order valence-corrected chi connectivity index (χ2v) is 6.74. The lowest BCUT2D eigenvalue weighted by Crippen LogP contribution is -2.11. The van der Waals surface area contributed by atoms with Crippen LogP contribution in [-0.4, -0.2) is 22.6 Å². The van der Waals surface area contributed by atoms with E-state index in [9.17, 15) is 9.90 Å². The minimum absolute atomic E-state index is 0.0606. The minimum Gasteiger partial charge on any atom is -0.476 e. The molecule has 0 radical (unpaired) electrons. The highest BCUT2D eigenvalue weighted by atomic mass is 32.1. The second-order valence-electron chi connectivity index (χ2n) is 5.78. The molecule has 0 saturated carbocycles. The van der Waals surface area contributed by atoms with Crippen molar-refractivity contribution in [2.45, 2.75) is 12.8 Å². The first-order chi connectivity index (χ1) is 12.2. The zero-order valence-corrected chi connectivity index (χ0v) is 14.2. The zero-order valence-electron chi connectivity index (χ0n) is 13.4. The van der Waals surface area contributed by atoms with E-state index in [1.807, 2.05) is 30.3 Å². The fraction of sp³-hybridized carbons (Fsp3) is 0.158. The van der Waals surface area contributed by atoms with Crippen LogP contribution in [0.4, 0.5) is 5.69 Å². The fourth-order valence-electron chi connectivity index (χ4n) is 2.82. The van der Waals surface area contributed by atoms with Gasteiger partial charge in [0.25, 0.3) is 0 Å². The molecule has 0 spiro atoms. The quantitative estimate of drug-likeness (QED) is 0.714. The normalized spacial score (nSPS) is 13.0. The summed E-state index contributed by atoms with van der Waals surface area (Å²) in [6.07, 6.45) is 2.19. The Hall–Kier alpha value is -2.86. The number of para-hydroxylation sites is 1. The molecule has 0 saturated heterocycles. The van der Waals surface area contributed by atoms with Crippen LogP contribution in [0, 0.1) is 0 Å². The van der Waals surface area contributed by atoms with Crippen molar-refractivity contribution in [3.05, 3.63) is 59.8 Å². The summed E-state index contributed by atoms with van der Waals surface area (Å²) in [5.74, 6) is -0.503. The first kappa shape index (κ1) is 15.7. The molecule has 4 rings (SSSR count). The van der Waals surface area contributed by atoms with Gasteiger partial charge in [-0.1, -0.05) is 41.7 Å². The van der Waals surface area contributed by atoms with Crippen molar-refractivity contribution in [2.24, 2.45) is 0 Å². The molecular formula is C19H16N2O3S. The average molecular weight is 352 g/mol. The molecule has 126 valence electrons. The molecule has 2 heterocycles. The smallest absolute Gasteiger partial charge is 0.359 e. The van der Waals surface area contributed by atoms with Gasteiger partial charge in [0.1, 0.15) is 10.8 Å². The first-order valence-electron chi connectivity index (χ1n) is 8.05. The zero-order chi connectivity index (χ0) is 17.2. The number of hydrogen-bond acceptors (Lipinski definition) is 5. The van der Waals surface area contributed by atoms with Crippen molar-refractivity contribution in [1.29, 1.82) is 0 Å². The monoisotopic (exact) mass is 352 g/mol. The number of aromatic nitrogens is 1. The van der Waals surface area contributed by atoms with E-state index in [0.29, 0.717) is 15.8 Å². The largest absolute Gasteiger partial charge is 0.476 e. The van der Waals surface area contributed by atoms with E-state index >= 15 is 0 Å². The summed E-state index contributed by atoms with van der Waals surface area (Å²) in [5.41, 5.74) is 3.21. The molecule has 0 unspecified atom stereocenters. The van der Waals surface area contributed by atoms with E-state index in [1.54, 1.807) is 12.1 Å². The van der Waals surface area contributed by atoms with Gasteiger partial charge in [0.15, 0.2) is 0 Å². The lowest BCUT2D eigenvalue weighted by atomic mass is 10.0. The number of anilines is 1. The minimum atomic E-state index is -1.09. The molecule has 6 heteroatoms. The summed E-state index contributed by atoms with van der Waals surface area (Å²) in [6, 6.07) is 15.2. The topological polar surface area (TPSA) is 71.5 Å². The maximum atomic E-state index is 11.5. The molecule has 1 aliphatic heterocycles. The number of fused-ring (bicyclic) bond motifs is 1. The molecule has 1 aliphatic rings. The van der Waals surface area contributed by atoms with Gasteiger partial charge in [-0.2, -0.15) is 0 Å². The summed E-state index contributed by atoms with van der Waals surface area (Å²) >= 11 is 1.24. The number of carboxylic acids is 1. The van der Waals surface area contributed by atoms with Gasteiger partial charge < -0.3 is 15.2 Å². The number of nitrogens with one attached hydrogen (secondary N) is 1. The Balaban J connectivity index is 1.71. The Labute approximate surface area is 148 Å². The standard InChI is InChI=1S/C19H16N2O3S/c22-18(23)16-19(24-14-6-2-1-3-7-14)25-17(21-16)13-9-8-12-5-4-10-20-15(12)11-13/h1-3,6-9,11,20H,4-5,10H2,(H,22,23). The number of aryl methyl sites for hydroxylation is 1. The third-order valence-electron chi connectivity index (χ3n) is 4.05. The molecule has 0 amide bonds. The van der Waals surface area contributed by atoms with Crippen molar-refractivity contribution in [1.82, 2.24) is 4.98 Å². The first-order valence-corrected chi connectivity index (χ1v) is 8.86. The van der Waals surface area contributed by atoms with Gasteiger partial charge in [-0.05, 0) is 36.6 Å². The van der Waals surface area contributed by atoms with Gasteiger partial charge >= 0.3 is 5.97 Å². The highest BCUT2D eigenvalue weighted by molar-refractivity contribution is 7.17. The van der Waals surface area contributed by atoms with Crippen LogP contribution in [0.2, 0.25) is 0 Å². The van der Waals surface area contributed by atoms with Crippen molar-refractivity contribution < 1.29 is 14.6 Å². The number of aromatic carboxylic acids is 1. The number of carbonyl (C=O) groups is 1. The highest BCUT2D eigenvalue weighted by Gasteiger charge is 2.21. The average Bonchev–Trinajstić information content (AvgIpc) is 3.06. The van der Waals surface area contributed by atoms with Crippen molar-refractivity contribution >= 4 is 23.0 Å². The van der Waals surface area contributed by atoms with E-state index < -0.39 is 5.97 Å². The number of nitrogens with zero attached hydrogens (tertiary/aromatic N) is 1. The number of benzene rings is 2. The molecule has 1 aromatic heterocycles. The Morgan fingerprint density at radius 3 is 2.84 bits per heavy atom. The van der Waals surface area contributed by atoms with E-state index in [-0.39, 0.29) is 5.69 Å². The summed E-state index contributed by atoms with van der Waals surface area (Å²) < 4.78 is 5.75. The predicted octanol–water partition coefficient (Wildman–Crippen LogP) is 4.66. The molecule has 2 N–H and O–H groups in total. The van der Waals surface area contributed by atoms with Gasteiger partial charge in [-0.15, -0.1) is 0 Å². The van der Waals surface area contributed by atoms with Crippen molar-refractivity contribution in [2.75, 3.05) is 11.9 Å². The molecule has 3 aromatic rings. The third-order valence-corrected chi connectivity index (χ3v) is 5.03. The van der Waals surface area contributed by atoms with Crippen LogP contribution in [0.25, 0.3) is 10.6 Å². The van der Waals surface area contributed by atoms with Crippen LogP contribution in [-0.2, 0) is 6.42 Å². The molecule has 25 heavy (non-hydrogen) atoms. The van der Waals surface area contributed by atoms with Gasteiger partial charge in [-0.3, -0.25) is 0 Å². The van der Waals surface area contributed by atoms with Crippen molar-refractivity contribution in [3.8, 4) is 21.4 Å². The Morgan fingerprint density at radius 2 is 2.04 bits per heavy atom. The van der Waals surface area contributed by atoms with E-state index in [2.05, 4.69) is 16.4 Å². The molecule has 0 bridgehead atoms. The Morgan fingerprint density at radius 1 is 1.20 bits per heavy atom. The number of ether oxygens (including phenoxy) is 1. The van der Waals surface area contributed by atoms with Gasteiger partial charge in [0.05, 0.1) is 0 Å². The SMILES string of the molecule is O=C(O)c1nc(-c2ccc3c(c2)NCCC3)sc1Oc1ccccc1. The maximum absolute atomic E-state index is 11.5. The fourth-order valence-corrected chi connectivity index (χ4v) is 3.75. The summed E-state index contributed by atoms with van der Waals surface area (Å²) in [5, 5.41) is 13.8. The van der Waals surface area contributed by atoms with E-state index in [1.165, 1.54) is 16.9 Å². The van der Waals surface area contributed by atoms with Crippen LogP contribution >= 0.6 is 11.3 Å². The molecule has 0 aliphatic carbocycles. The van der Waals surface area contributed by atoms with Crippen LogP contribution < -0.4 is 10.1 Å². The Bertz CT molecular complexity index is 922. The van der Waals surface area contributed by atoms with Gasteiger partial charge in [0.2, 0.25) is 10.8 Å². The molecule has 2 aromatic carbocycles. The van der Waals surface area contributed by atoms with Crippen LogP contribution in [0.15, 0.2) is 48.5 Å². The second kappa shape index (κ2) is 6.57. The predicted molar refractivity (Wildman–Crippen MR) is 97.8 cm³/mol. The van der Waals surface area contributed by atoms with Gasteiger partial charge in [0, 0.05) is 17.8 Å². The number of thiazole rings is 1. The third kappa shape index (κ3) is 3.21. The number of carboxylic acid groups (broad SMARTS) is 1. The summed E-state index contributed by atoms with van der Waals surface area (Å²) in [6.45, 7) is 0.955. The molecular weight excluding hydrogens is 336 g/mol. The van der Waals surface area contributed by atoms with E-state index in [0.717, 1.165) is 30.6 Å². The molecule has 5 nitrogen and oxygen atoms in total. The van der Waals surface area contributed by atoms with Crippen molar-refractivity contribution in [3.63, 3.8) is 0 Å². The number of rotatable bonds is 4.